The molecule has 0 fully saturated rings. The lowest BCUT2D eigenvalue weighted by Gasteiger charge is -2.23. The minimum absolute atomic E-state index is 0.0178. The lowest BCUT2D eigenvalue weighted by Crippen LogP contribution is -2.35. The Morgan fingerprint density at radius 3 is 2.38 bits per heavy atom. The molecule has 1 amide bonds. The van der Waals surface area contributed by atoms with E-state index in [1.807, 2.05) is 56.6 Å². The monoisotopic (exact) mass is 344 g/mol. The molecular weight excluding hydrogens is 320 g/mol. The normalized spacial score (nSPS) is 12.2. The summed E-state index contributed by atoms with van der Waals surface area (Å²) in [6, 6.07) is 17.9. The summed E-state index contributed by atoms with van der Waals surface area (Å²) < 4.78 is 0. The fourth-order valence-corrected chi connectivity index (χ4v) is 2.78. The number of amides is 1. The lowest BCUT2D eigenvalue weighted by molar-refractivity contribution is -0.122. The summed E-state index contributed by atoms with van der Waals surface area (Å²) in [5, 5.41) is 3.90. The molecule has 3 nitrogen and oxygen atoms in total. The van der Waals surface area contributed by atoms with Gasteiger partial charge < -0.3 is 10.2 Å². The number of rotatable bonds is 8. The zero-order valence-electron chi connectivity index (χ0n) is 14.3. The van der Waals surface area contributed by atoms with Crippen LogP contribution in [0.4, 0.5) is 0 Å². The highest BCUT2D eigenvalue weighted by Gasteiger charge is 2.15. The highest BCUT2D eigenvalue weighted by atomic mass is 35.5. The van der Waals surface area contributed by atoms with Crippen LogP contribution in [0.5, 0.6) is 0 Å². The first-order chi connectivity index (χ1) is 11.5. The molecule has 2 aromatic rings. The van der Waals surface area contributed by atoms with E-state index >= 15 is 0 Å². The van der Waals surface area contributed by atoms with Crippen LogP contribution in [0.15, 0.2) is 54.6 Å². The third-order valence-electron chi connectivity index (χ3n) is 3.87. The number of hydrogen-bond donors (Lipinski definition) is 1. The maximum absolute atomic E-state index is 12.3. The Hall–Kier alpha value is -1.84. The molecule has 0 saturated carbocycles. The van der Waals surface area contributed by atoms with Crippen molar-refractivity contribution in [3.63, 3.8) is 0 Å². The van der Waals surface area contributed by atoms with Crippen LogP contribution in [0.1, 0.15) is 30.0 Å². The van der Waals surface area contributed by atoms with E-state index in [-0.39, 0.29) is 11.9 Å². The number of nitrogens with zero attached hydrogens (tertiary/aromatic N) is 1. The summed E-state index contributed by atoms with van der Waals surface area (Å²) in [6.45, 7) is 0.785. The predicted molar refractivity (Wildman–Crippen MR) is 100 cm³/mol. The fourth-order valence-electron chi connectivity index (χ4n) is 2.66. The lowest BCUT2D eigenvalue weighted by atomic mass is 10.1. The zero-order chi connectivity index (χ0) is 17.4. The number of likely N-dealkylation sites (N-methyl/N-ethyl adjacent to an activating group) is 1. The number of hydrogen-bond acceptors (Lipinski definition) is 2. The van der Waals surface area contributed by atoms with Gasteiger partial charge in [-0.15, -0.1) is 0 Å². The summed E-state index contributed by atoms with van der Waals surface area (Å²) >= 11 is 5.89. The van der Waals surface area contributed by atoms with E-state index in [2.05, 4.69) is 22.3 Å². The van der Waals surface area contributed by atoms with Gasteiger partial charge in [-0.25, -0.2) is 0 Å². The summed E-state index contributed by atoms with van der Waals surface area (Å²) in [5.74, 6) is 0.0969. The summed E-state index contributed by atoms with van der Waals surface area (Å²) in [5.41, 5.74) is 2.34. The molecule has 0 saturated heterocycles. The molecule has 0 aliphatic heterocycles. The van der Waals surface area contributed by atoms with Crippen molar-refractivity contribution in [1.29, 1.82) is 0 Å². The molecule has 0 radical (unpaired) electrons. The van der Waals surface area contributed by atoms with E-state index < -0.39 is 0 Å². The van der Waals surface area contributed by atoms with Crippen molar-refractivity contribution in [2.75, 3.05) is 20.6 Å². The van der Waals surface area contributed by atoms with Gasteiger partial charge in [0.05, 0.1) is 6.04 Å². The third kappa shape index (κ3) is 6.34. The average molecular weight is 345 g/mol. The van der Waals surface area contributed by atoms with Gasteiger partial charge >= 0.3 is 0 Å². The Kier molecular flexibility index (Phi) is 7.29. The van der Waals surface area contributed by atoms with E-state index in [1.165, 1.54) is 5.56 Å². The maximum Gasteiger partial charge on any atom is 0.220 e. The molecule has 0 spiro atoms. The second kappa shape index (κ2) is 9.45. The highest BCUT2D eigenvalue weighted by Crippen LogP contribution is 2.15. The standard InChI is InChI=1S/C20H25ClN2O/c1-23(2)15-19(17-8-4-3-5-9-17)22-20(24)10-6-7-16-11-13-18(21)14-12-16/h3-5,8-9,11-14,19H,6-7,10,15H2,1-2H3,(H,22,24). The Balaban J connectivity index is 1.85. The number of carbonyl (C=O) groups is 1. The first kappa shape index (κ1) is 18.5. The molecule has 2 aromatic carbocycles. The number of carbonyl (C=O) groups excluding carboxylic acids is 1. The van der Waals surface area contributed by atoms with E-state index in [9.17, 15) is 4.79 Å². The predicted octanol–water partition coefficient (Wildman–Crippen LogP) is 4.08. The van der Waals surface area contributed by atoms with Gasteiger partial charge in [-0.2, -0.15) is 0 Å². The Bertz CT molecular complexity index is 626. The molecule has 0 heterocycles. The van der Waals surface area contributed by atoms with E-state index in [0.29, 0.717) is 6.42 Å². The maximum atomic E-state index is 12.3. The molecule has 24 heavy (non-hydrogen) atoms. The number of nitrogens with one attached hydrogen (secondary N) is 1. The van der Waals surface area contributed by atoms with Crippen molar-refractivity contribution in [3.05, 3.63) is 70.7 Å². The van der Waals surface area contributed by atoms with Gasteiger partial charge in [0.25, 0.3) is 0 Å². The van der Waals surface area contributed by atoms with Crippen LogP contribution in [0.2, 0.25) is 5.02 Å². The molecule has 2 rings (SSSR count). The van der Waals surface area contributed by atoms with Crippen molar-refractivity contribution in [1.82, 2.24) is 10.2 Å². The molecule has 0 bridgehead atoms. The average Bonchev–Trinajstić information content (AvgIpc) is 2.56. The van der Waals surface area contributed by atoms with E-state index in [1.54, 1.807) is 0 Å². The van der Waals surface area contributed by atoms with Crippen molar-refractivity contribution in [2.45, 2.75) is 25.3 Å². The highest BCUT2D eigenvalue weighted by molar-refractivity contribution is 6.30. The topological polar surface area (TPSA) is 32.3 Å². The van der Waals surface area contributed by atoms with Crippen molar-refractivity contribution >= 4 is 17.5 Å². The molecule has 0 aliphatic carbocycles. The Morgan fingerprint density at radius 1 is 1.08 bits per heavy atom. The summed E-state index contributed by atoms with van der Waals surface area (Å²) in [6.07, 6.45) is 2.24. The molecule has 128 valence electrons. The fraction of sp³-hybridized carbons (Fsp3) is 0.350. The van der Waals surface area contributed by atoms with Crippen molar-refractivity contribution < 1.29 is 4.79 Å². The van der Waals surface area contributed by atoms with Gasteiger partial charge in [0.2, 0.25) is 5.91 Å². The van der Waals surface area contributed by atoms with Crippen molar-refractivity contribution in [2.24, 2.45) is 0 Å². The van der Waals surface area contributed by atoms with Crippen LogP contribution in [0.3, 0.4) is 0 Å². The smallest absolute Gasteiger partial charge is 0.220 e. The first-order valence-electron chi connectivity index (χ1n) is 8.28. The molecule has 4 heteroatoms. The molecule has 0 aromatic heterocycles. The quantitative estimate of drug-likeness (QED) is 0.782. The van der Waals surface area contributed by atoms with Crippen LogP contribution in [-0.2, 0) is 11.2 Å². The van der Waals surface area contributed by atoms with Crippen LogP contribution < -0.4 is 5.32 Å². The molecule has 1 unspecified atom stereocenters. The number of aryl methyl sites for hydroxylation is 1. The molecule has 0 aliphatic rings. The number of halogens is 1. The van der Waals surface area contributed by atoms with Gasteiger partial charge in [-0.1, -0.05) is 54.1 Å². The number of benzene rings is 2. The largest absolute Gasteiger partial charge is 0.348 e. The van der Waals surface area contributed by atoms with Crippen LogP contribution in [0, 0.1) is 0 Å². The van der Waals surface area contributed by atoms with Gasteiger partial charge in [0, 0.05) is 18.0 Å². The van der Waals surface area contributed by atoms with Crippen LogP contribution >= 0.6 is 11.6 Å². The van der Waals surface area contributed by atoms with Gasteiger partial charge in [0.1, 0.15) is 0 Å². The SMILES string of the molecule is CN(C)CC(NC(=O)CCCc1ccc(Cl)cc1)c1ccccc1. The minimum atomic E-state index is 0.0178. The second-order valence-corrected chi connectivity index (χ2v) is 6.71. The van der Waals surface area contributed by atoms with Gasteiger partial charge in [0.15, 0.2) is 0 Å². The van der Waals surface area contributed by atoms with Crippen LogP contribution in [0.25, 0.3) is 0 Å². The van der Waals surface area contributed by atoms with E-state index in [4.69, 9.17) is 11.6 Å². The van der Waals surface area contributed by atoms with Gasteiger partial charge in [-0.05, 0) is 50.2 Å². The second-order valence-electron chi connectivity index (χ2n) is 6.27. The zero-order valence-corrected chi connectivity index (χ0v) is 15.1. The van der Waals surface area contributed by atoms with Gasteiger partial charge in [-0.3, -0.25) is 4.79 Å². The van der Waals surface area contributed by atoms with E-state index in [0.717, 1.165) is 30.0 Å². The van der Waals surface area contributed by atoms with Crippen molar-refractivity contribution in [3.8, 4) is 0 Å². The minimum Gasteiger partial charge on any atom is -0.348 e. The van der Waals surface area contributed by atoms with Crippen LogP contribution in [-0.4, -0.2) is 31.4 Å². The molecule has 1 N–H and O–H groups in total. The Labute approximate surface area is 149 Å². The first-order valence-corrected chi connectivity index (χ1v) is 8.66. The summed E-state index contributed by atoms with van der Waals surface area (Å²) in [7, 11) is 4.03. The molecular formula is C20H25ClN2O. The summed E-state index contributed by atoms with van der Waals surface area (Å²) in [4.78, 5) is 14.4. The Morgan fingerprint density at radius 2 is 1.75 bits per heavy atom. The third-order valence-corrected chi connectivity index (χ3v) is 4.12. The molecule has 1 atom stereocenters.